The van der Waals surface area contributed by atoms with E-state index in [0.717, 1.165) is 18.4 Å². The molecule has 3 rings (SSSR count). The summed E-state index contributed by atoms with van der Waals surface area (Å²) >= 11 is 0. The minimum atomic E-state index is -3.21. The number of amides is 1. The van der Waals surface area contributed by atoms with Crippen molar-refractivity contribution in [1.29, 1.82) is 0 Å². The zero-order chi connectivity index (χ0) is 14.9. The summed E-state index contributed by atoms with van der Waals surface area (Å²) in [5, 5.41) is 0. The van der Waals surface area contributed by atoms with Gasteiger partial charge in [0.05, 0.1) is 18.3 Å². The van der Waals surface area contributed by atoms with Gasteiger partial charge in [0.15, 0.2) is 0 Å². The first-order valence-electron chi connectivity index (χ1n) is 7.40. The molecule has 1 aromatic carbocycles. The Hall–Kier alpha value is -1.40. The van der Waals surface area contributed by atoms with Crippen LogP contribution in [0.3, 0.4) is 0 Å². The number of nitrogens with zero attached hydrogens (tertiary/aromatic N) is 2. The van der Waals surface area contributed by atoms with Crippen molar-refractivity contribution in [3.8, 4) is 0 Å². The average molecular weight is 308 g/mol. The molecule has 1 atom stereocenters. The van der Waals surface area contributed by atoms with Gasteiger partial charge in [-0.1, -0.05) is 30.3 Å². The van der Waals surface area contributed by atoms with Gasteiger partial charge in [-0.3, -0.25) is 4.79 Å². The van der Waals surface area contributed by atoms with Crippen molar-refractivity contribution in [3.63, 3.8) is 0 Å². The van der Waals surface area contributed by atoms with Gasteiger partial charge in [-0.2, -0.15) is 4.31 Å². The lowest BCUT2D eigenvalue weighted by molar-refractivity contribution is -0.132. The summed E-state index contributed by atoms with van der Waals surface area (Å²) in [6, 6.07) is 10.1. The van der Waals surface area contributed by atoms with E-state index in [2.05, 4.69) is 0 Å². The SMILES string of the molecule is O=C(CN1CCCS1(=O)=O)N1CCC[C@H]1c1ccccc1. The highest BCUT2D eigenvalue weighted by atomic mass is 32.2. The average Bonchev–Trinajstić information content (AvgIpc) is 3.07. The number of carbonyl (C=O) groups is 1. The third kappa shape index (κ3) is 2.96. The molecular weight excluding hydrogens is 288 g/mol. The second-order valence-electron chi connectivity index (χ2n) is 5.66. The first-order chi connectivity index (χ1) is 10.1. The van der Waals surface area contributed by atoms with Crippen LogP contribution in [-0.4, -0.2) is 48.9 Å². The van der Waals surface area contributed by atoms with E-state index in [9.17, 15) is 13.2 Å². The Morgan fingerprint density at radius 2 is 1.90 bits per heavy atom. The van der Waals surface area contributed by atoms with Crippen LogP contribution >= 0.6 is 0 Å². The maximum Gasteiger partial charge on any atom is 0.238 e. The number of hydrogen-bond donors (Lipinski definition) is 0. The van der Waals surface area contributed by atoms with E-state index in [1.807, 2.05) is 35.2 Å². The molecule has 2 aliphatic heterocycles. The fourth-order valence-electron chi connectivity index (χ4n) is 3.20. The fraction of sp³-hybridized carbons (Fsp3) is 0.533. The summed E-state index contributed by atoms with van der Waals surface area (Å²) in [6.07, 6.45) is 2.54. The lowest BCUT2D eigenvalue weighted by Crippen LogP contribution is -2.40. The van der Waals surface area contributed by atoms with Crippen LogP contribution in [0.2, 0.25) is 0 Å². The number of carbonyl (C=O) groups excluding carboxylic acids is 1. The quantitative estimate of drug-likeness (QED) is 0.848. The van der Waals surface area contributed by atoms with Crippen LogP contribution in [0.5, 0.6) is 0 Å². The van der Waals surface area contributed by atoms with Gasteiger partial charge in [-0.25, -0.2) is 8.42 Å². The zero-order valence-corrected chi connectivity index (χ0v) is 12.8. The smallest absolute Gasteiger partial charge is 0.238 e. The number of benzene rings is 1. The van der Waals surface area contributed by atoms with Gasteiger partial charge >= 0.3 is 0 Å². The topological polar surface area (TPSA) is 57.7 Å². The van der Waals surface area contributed by atoms with Gasteiger partial charge < -0.3 is 4.90 Å². The highest BCUT2D eigenvalue weighted by molar-refractivity contribution is 7.89. The van der Waals surface area contributed by atoms with Crippen molar-refractivity contribution in [2.24, 2.45) is 0 Å². The maximum absolute atomic E-state index is 12.5. The van der Waals surface area contributed by atoms with E-state index in [-0.39, 0.29) is 24.2 Å². The number of rotatable bonds is 3. The Kier molecular flexibility index (Phi) is 3.99. The minimum Gasteiger partial charge on any atom is -0.335 e. The van der Waals surface area contributed by atoms with E-state index >= 15 is 0 Å². The summed E-state index contributed by atoms with van der Waals surface area (Å²) in [4.78, 5) is 14.3. The minimum absolute atomic E-state index is 0.00827. The normalized spacial score (nSPS) is 25.3. The van der Waals surface area contributed by atoms with Crippen LogP contribution in [0.15, 0.2) is 30.3 Å². The molecule has 0 aliphatic carbocycles. The molecule has 0 spiro atoms. The van der Waals surface area contributed by atoms with Crippen molar-refractivity contribution in [2.45, 2.75) is 25.3 Å². The molecule has 1 amide bonds. The molecule has 0 radical (unpaired) electrons. The first kappa shape index (κ1) is 14.5. The van der Waals surface area contributed by atoms with Crippen LogP contribution < -0.4 is 0 Å². The molecule has 0 bridgehead atoms. The number of likely N-dealkylation sites (tertiary alicyclic amines) is 1. The molecule has 0 saturated carbocycles. The molecule has 1 aromatic rings. The molecule has 21 heavy (non-hydrogen) atoms. The van der Waals surface area contributed by atoms with E-state index in [1.165, 1.54) is 4.31 Å². The van der Waals surface area contributed by atoms with Gasteiger partial charge in [-0.05, 0) is 24.8 Å². The predicted octanol–water partition coefficient (Wildman–Crippen LogP) is 1.39. The third-order valence-corrected chi connectivity index (χ3v) is 6.18. The lowest BCUT2D eigenvalue weighted by atomic mass is 10.0. The van der Waals surface area contributed by atoms with E-state index in [4.69, 9.17) is 0 Å². The summed E-state index contributed by atoms with van der Waals surface area (Å²) in [7, 11) is -3.21. The van der Waals surface area contributed by atoms with Gasteiger partial charge in [0, 0.05) is 13.1 Å². The molecule has 2 heterocycles. The Labute approximate surface area is 125 Å². The largest absolute Gasteiger partial charge is 0.335 e. The van der Waals surface area contributed by atoms with E-state index in [1.54, 1.807) is 0 Å². The molecule has 0 N–H and O–H groups in total. The lowest BCUT2D eigenvalue weighted by Gasteiger charge is -2.27. The molecule has 0 unspecified atom stereocenters. The van der Waals surface area contributed by atoms with Crippen LogP contribution in [0.25, 0.3) is 0 Å². The van der Waals surface area contributed by atoms with Gasteiger partial charge in [0.25, 0.3) is 0 Å². The maximum atomic E-state index is 12.5. The van der Waals surface area contributed by atoms with Gasteiger partial charge in [-0.15, -0.1) is 0 Å². The van der Waals surface area contributed by atoms with Crippen molar-refractivity contribution in [2.75, 3.05) is 25.4 Å². The van der Waals surface area contributed by atoms with Crippen LogP contribution in [-0.2, 0) is 14.8 Å². The zero-order valence-electron chi connectivity index (χ0n) is 11.9. The van der Waals surface area contributed by atoms with Crippen molar-refractivity contribution in [3.05, 3.63) is 35.9 Å². The Morgan fingerprint density at radius 1 is 1.14 bits per heavy atom. The summed E-state index contributed by atoms with van der Waals surface area (Å²) in [5.74, 6) is 0.0920. The van der Waals surface area contributed by atoms with Crippen LogP contribution in [0.1, 0.15) is 30.9 Å². The van der Waals surface area contributed by atoms with Gasteiger partial charge in [0.1, 0.15) is 0 Å². The molecule has 6 heteroatoms. The first-order valence-corrected chi connectivity index (χ1v) is 9.01. The molecule has 2 saturated heterocycles. The number of hydrogen-bond acceptors (Lipinski definition) is 3. The highest BCUT2D eigenvalue weighted by Crippen LogP contribution is 2.32. The monoisotopic (exact) mass is 308 g/mol. The Morgan fingerprint density at radius 3 is 2.57 bits per heavy atom. The molecule has 0 aromatic heterocycles. The molecular formula is C15H20N2O3S. The van der Waals surface area contributed by atoms with Crippen molar-refractivity contribution in [1.82, 2.24) is 9.21 Å². The molecule has 5 nitrogen and oxygen atoms in total. The summed E-state index contributed by atoms with van der Waals surface area (Å²) < 4.78 is 25.0. The van der Waals surface area contributed by atoms with Crippen LogP contribution in [0, 0.1) is 0 Å². The van der Waals surface area contributed by atoms with E-state index < -0.39 is 10.0 Å². The van der Waals surface area contributed by atoms with E-state index in [0.29, 0.717) is 19.5 Å². The third-order valence-electron chi connectivity index (χ3n) is 4.27. The fourth-order valence-corrected chi connectivity index (χ4v) is 4.66. The number of sulfonamides is 1. The highest BCUT2D eigenvalue weighted by Gasteiger charge is 2.35. The predicted molar refractivity (Wildman–Crippen MR) is 80.1 cm³/mol. The van der Waals surface area contributed by atoms with Crippen molar-refractivity contribution >= 4 is 15.9 Å². The van der Waals surface area contributed by atoms with Gasteiger partial charge in [0.2, 0.25) is 15.9 Å². The second-order valence-corrected chi connectivity index (χ2v) is 7.75. The molecule has 114 valence electrons. The second kappa shape index (κ2) is 5.77. The molecule has 2 aliphatic rings. The standard InChI is InChI=1S/C15H20N2O3S/c18-15(12-16-9-5-11-21(16,19)20)17-10-4-8-14(17)13-6-2-1-3-7-13/h1-3,6-7,14H,4-5,8-12H2/t14-/m0/s1. The van der Waals surface area contributed by atoms with Crippen molar-refractivity contribution < 1.29 is 13.2 Å². The summed E-state index contributed by atoms with van der Waals surface area (Å²) in [6.45, 7) is 1.18. The Balaban J connectivity index is 1.72. The summed E-state index contributed by atoms with van der Waals surface area (Å²) in [5.41, 5.74) is 1.13. The van der Waals surface area contributed by atoms with Crippen LogP contribution in [0.4, 0.5) is 0 Å². The Bertz CT molecular complexity index is 615. The molecule has 2 fully saturated rings.